The smallest absolute Gasteiger partial charge is 0.0352 e. The van der Waals surface area contributed by atoms with E-state index in [1.165, 1.54) is 37.6 Å². The number of aryl methyl sites for hydroxylation is 2. The van der Waals surface area contributed by atoms with E-state index in [1.54, 1.807) is 0 Å². The van der Waals surface area contributed by atoms with Gasteiger partial charge in [0.15, 0.2) is 0 Å². The summed E-state index contributed by atoms with van der Waals surface area (Å²) in [6.07, 6.45) is 2.22. The fourth-order valence-electron chi connectivity index (χ4n) is 2.66. The van der Waals surface area contributed by atoms with Gasteiger partial charge in [-0.25, -0.2) is 0 Å². The Balaban J connectivity index is 1.99. The molecule has 0 saturated heterocycles. The van der Waals surface area contributed by atoms with E-state index in [2.05, 4.69) is 87.5 Å². The molecule has 1 heterocycles. The van der Waals surface area contributed by atoms with Gasteiger partial charge in [0.25, 0.3) is 0 Å². The first-order chi connectivity index (χ1) is 10.7. The second kappa shape index (κ2) is 6.33. The molecule has 0 N–H and O–H groups in total. The number of hydrogen-bond acceptors (Lipinski definition) is 1. The molecule has 0 amide bonds. The Morgan fingerprint density at radius 1 is 0.864 bits per heavy atom. The van der Waals surface area contributed by atoms with Crippen LogP contribution in [0.4, 0.5) is 0 Å². The van der Waals surface area contributed by atoms with Crippen LogP contribution in [-0.2, 0) is 0 Å². The molecule has 0 saturated carbocycles. The van der Waals surface area contributed by atoms with E-state index in [4.69, 9.17) is 0 Å². The van der Waals surface area contributed by atoms with Crippen molar-refractivity contribution in [2.75, 3.05) is 0 Å². The van der Waals surface area contributed by atoms with Crippen molar-refractivity contribution < 1.29 is 0 Å². The van der Waals surface area contributed by atoms with E-state index in [0.717, 1.165) is 0 Å². The van der Waals surface area contributed by atoms with Gasteiger partial charge in [-0.2, -0.15) is 0 Å². The molecular formula is C21H20S. The predicted octanol–water partition coefficient (Wildman–Crippen LogP) is 6.48. The molecule has 1 aromatic heterocycles. The molecule has 110 valence electrons. The largest absolute Gasteiger partial charge is 0.135 e. The van der Waals surface area contributed by atoms with E-state index >= 15 is 0 Å². The number of benzene rings is 2. The van der Waals surface area contributed by atoms with Crippen LogP contribution in [-0.4, -0.2) is 0 Å². The summed E-state index contributed by atoms with van der Waals surface area (Å²) in [6.45, 7) is 6.42. The molecule has 0 bridgehead atoms. The number of allylic oxidation sites excluding steroid dienone is 1. The Morgan fingerprint density at radius 2 is 1.59 bits per heavy atom. The Morgan fingerprint density at radius 3 is 2.27 bits per heavy atom. The zero-order valence-corrected chi connectivity index (χ0v) is 14.1. The molecule has 3 rings (SSSR count). The van der Waals surface area contributed by atoms with Gasteiger partial charge in [0.05, 0.1) is 0 Å². The zero-order chi connectivity index (χ0) is 15.5. The molecule has 1 heteroatoms. The molecule has 0 spiro atoms. The highest BCUT2D eigenvalue weighted by Crippen LogP contribution is 2.35. The summed E-state index contributed by atoms with van der Waals surface area (Å²) in [5, 5.41) is 0. The third-order valence-corrected chi connectivity index (χ3v) is 5.10. The lowest BCUT2D eigenvalue weighted by Crippen LogP contribution is -1.88. The SMILES string of the molecule is C/C=C(/c1ccc(-c2ccc(C)cc2)s1)c1ccccc1C. The first-order valence-electron chi connectivity index (χ1n) is 7.58. The Bertz CT molecular complexity index is 804. The number of rotatable bonds is 3. The predicted molar refractivity (Wildman–Crippen MR) is 98.4 cm³/mol. The molecule has 22 heavy (non-hydrogen) atoms. The summed E-state index contributed by atoms with van der Waals surface area (Å²) in [5.41, 5.74) is 6.56. The van der Waals surface area contributed by atoms with Crippen molar-refractivity contribution in [3.63, 3.8) is 0 Å². The van der Waals surface area contributed by atoms with Crippen LogP contribution in [0.2, 0.25) is 0 Å². The van der Waals surface area contributed by atoms with Crippen molar-refractivity contribution in [3.8, 4) is 10.4 Å². The highest BCUT2D eigenvalue weighted by molar-refractivity contribution is 7.16. The van der Waals surface area contributed by atoms with Crippen LogP contribution < -0.4 is 0 Å². The molecule has 0 aliphatic carbocycles. The highest BCUT2D eigenvalue weighted by atomic mass is 32.1. The second-order valence-corrected chi connectivity index (χ2v) is 6.63. The normalized spacial score (nSPS) is 11.7. The lowest BCUT2D eigenvalue weighted by atomic mass is 9.99. The van der Waals surface area contributed by atoms with Gasteiger partial charge in [-0.3, -0.25) is 0 Å². The van der Waals surface area contributed by atoms with Crippen LogP contribution in [0, 0.1) is 13.8 Å². The summed E-state index contributed by atoms with van der Waals surface area (Å²) < 4.78 is 0. The fraction of sp³-hybridized carbons (Fsp3) is 0.143. The second-order valence-electron chi connectivity index (χ2n) is 5.55. The van der Waals surface area contributed by atoms with Crippen LogP contribution in [0.1, 0.15) is 28.5 Å². The highest BCUT2D eigenvalue weighted by Gasteiger charge is 2.10. The fourth-order valence-corrected chi connectivity index (χ4v) is 3.76. The lowest BCUT2D eigenvalue weighted by Gasteiger charge is -2.08. The van der Waals surface area contributed by atoms with Gasteiger partial charge in [-0.15, -0.1) is 11.3 Å². The topological polar surface area (TPSA) is 0 Å². The molecule has 0 atom stereocenters. The van der Waals surface area contributed by atoms with Gasteiger partial charge in [-0.05, 0) is 55.2 Å². The molecule has 0 radical (unpaired) electrons. The van der Waals surface area contributed by atoms with E-state index in [0.29, 0.717) is 0 Å². The number of thiophene rings is 1. The van der Waals surface area contributed by atoms with Crippen molar-refractivity contribution in [2.45, 2.75) is 20.8 Å². The quantitative estimate of drug-likeness (QED) is 0.519. The molecular weight excluding hydrogens is 284 g/mol. The van der Waals surface area contributed by atoms with Gasteiger partial charge in [0.2, 0.25) is 0 Å². The molecule has 3 aromatic rings. The van der Waals surface area contributed by atoms with Gasteiger partial charge in [-0.1, -0.05) is 60.2 Å². The summed E-state index contributed by atoms with van der Waals surface area (Å²) in [6, 6.07) is 21.8. The van der Waals surface area contributed by atoms with Crippen molar-refractivity contribution in [3.05, 3.63) is 88.3 Å². The summed E-state index contributed by atoms with van der Waals surface area (Å²) in [7, 11) is 0. The minimum atomic E-state index is 1.29. The molecule has 0 nitrogen and oxygen atoms in total. The van der Waals surface area contributed by atoms with Crippen LogP contribution in [0.3, 0.4) is 0 Å². The maximum atomic E-state index is 2.24. The van der Waals surface area contributed by atoms with E-state index in [9.17, 15) is 0 Å². The molecule has 0 aliphatic rings. The molecule has 0 aliphatic heterocycles. The lowest BCUT2D eigenvalue weighted by molar-refractivity contribution is 1.42. The third kappa shape index (κ3) is 2.90. The average Bonchev–Trinajstić information content (AvgIpc) is 3.00. The van der Waals surface area contributed by atoms with Crippen molar-refractivity contribution in [1.29, 1.82) is 0 Å². The van der Waals surface area contributed by atoms with Crippen molar-refractivity contribution >= 4 is 16.9 Å². The number of hydrogen-bond donors (Lipinski definition) is 0. The molecule has 0 unspecified atom stereocenters. The first-order valence-corrected chi connectivity index (χ1v) is 8.40. The average molecular weight is 304 g/mol. The maximum Gasteiger partial charge on any atom is 0.0352 e. The van der Waals surface area contributed by atoms with Gasteiger partial charge < -0.3 is 0 Å². The molecule has 0 fully saturated rings. The van der Waals surface area contributed by atoms with Gasteiger partial charge in [0.1, 0.15) is 0 Å². The summed E-state index contributed by atoms with van der Waals surface area (Å²) >= 11 is 1.86. The van der Waals surface area contributed by atoms with Crippen LogP contribution in [0.5, 0.6) is 0 Å². The summed E-state index contributed by atoms with van der Waals surface area (Å²) in [4.78, 5) is 2.65. The van der Waals surface area contributed by atoms with E-state index in [-0.39, 0.29) is 0 Å². The Hall–Kier alpha value is -2.12. The van der Waals surface area contributed by atoms with Crippen molar-refractivity contribution in [2.24, 2.45) is 0 Å². The Labute approximate surface area is 136 Å². The standard InChI is InChI=1S/C21H20S/c1-4-18(19-8-6-5-7-16(19)3)21-14-13-20(22-21)17-11-9-15(2)10-12-17/h4-14H,1-3H3/b18-4+. The maximum absolute atomic E-state index is 2.24. The van der Waals surface area contributed by atoms with Gasteiger partial charge >= 0.3 is 0 Å². The van der Waals surface area contributed by atoms with Crippen LogP contribution in [0.25, 0.3) is 16.0 Å². The van der Waals surface area contributed by atoms with Gasteiger partial charge in [0, 0.05) is 9.75 Å². The first kappa shape index (κ1) is 14.8. The Kier molecular flexibility index (Phi) is 4.26. The third-order valence-electron chi connectivity index (χ3n) is 3.93. The molecule has 2 aromatic carbocycles. The zero-order valence-electron chi connectivity index (χ0n) is 13.3. The van der Waals surface area contributed by atoms with Crippen LogP contribution in [0.15, 0.2) is 66.7 Å². The van der Waals surface area contributed by atoms with E-state index < -0.39 is 0 Å². The summed E-state index contributed by atoms with van der Waals surface area (Å²) in [5.74, 6) is 0. The monoisotopic (exact) mass is 304 g/mol. The minimum Gasteiger partial charge on any atom is -0.135 e. The minimum absolute atomic E-state index is 1.29. The van der Waals surface area contributed by atoms with E-state index in [1.807, 2.05) is 11.3 Å². The van der Waals surface area contributed by atoms with Crippen molar-refractivity contribution in [1.82, 2.24) is 0 Å². The van der Waals surface area contributed by atoms with Crippen LogP contribution >= 0.6 is 11.3 Å².